The Labute approximate surface area is 58.3 Å². The van der Waals surface area contributed by atoms with Crippen LogP contribution in [0.2, 0.25) is 3.97 Å². The molecule has 0 aliphatic rings. The van der Waals surface area contributed by atoms with Crippen LogP contribution >= 0.6 is 19.3 Å². The zero-order valence-electron chi connectivity index (χ0n) is 4.83. The summed E-state index contributed by atoms with van der Waals surface area (Å²) >= 11 is -1.82. The molecule has 0 heterocycles. The van der Waals surface area contributed by atoms with Gasteiger partial charge in [-0.15, -0.1) is 0 Å². The van der Waals surface area contributed by atoms with Gasteiger partial charge in [0, 0.05) is 0 Å². The van der Waals surface area contributed by atoms with Gasteiger partial charge in [0.2, 0.25) is 0 Å². The second-order valence-electron chi connectivity index (χ2n) is 2.67. The van der Waals surface area contributed by atoms with E-state index < -0.39 is 14.2 Å². The fourth-order valence-electron chi connectivity index (χ4n) is 0. The molecule has 3 heteroatoms. The van der Waals surface area contributed by atoms with E-state index in [1.54, 1.807) is 0 Å². The SMILES string of the molecule is C[C](C)(C)[Ga]([Cl])[Cl]. The summed E-state index contributed by atoms with van der Waals surface area (Å²) in [6, 6.07) is 0. The van der Waals surface area contributed by atoms with Crippen LogP contribution < -0.4 is 0 Å². The van der Waals surface area contributed by atoms with Crippen molar-refractivity contribution in [3.63, 3.8) is 0 Å². The van der Waals surface area contributed by atoms with Gasteiger partial charge >= 0.3 is 58.2 Å². The van der Waals surface area contributed by atoms with Crippen LogP contribution in [-0.2, 0) is 0 Å². The van der Waals surface area contributed by atoms with Gasteiger partial charge in [0.25, 0.3) is 0 Å². The van der Waals surface area contributed by atoms with Gasteiger partial charge in [0.15, 0.2) is 0 Å². The van der Waals surface area contributed by atoms with Gasteiger partial charge in [-0.3, -0.25) is 0 Å². The standard InChI is InChI=1S/C4H9.2ClH.Ga/c1-4(2)3;;;/h1-3H3;2*1H;/q;;;+2/p-2. The Balaban J connectivity index is 3.54. The molecule has 0 aromatic rings. The summed E-state index contributed by atoms with van der Waals surface area (Å²) in [5.74, 6) is 0. The zero-order chi connectivity index (χ0) is 6.08. The predicted molar refractivity (Wildman–Crippen MR) is 37.2 cm³/mol. The topological polar surface area (TPSA) is 0 Å². The molecule has 0 unspecified atom stereocenters. The van der Waals surface area contributed by atoms with Crippen LogP contribution in [0.1, 0.15) is 20.8 Å². The minimum atomic E-state index is -1.82. The van der Waals surface area contributed by atoms with Crippen molar-refractivity contribution in [2.24, 2.45) is 0 Å². The average Bonchev–Trinajstić information content (AvgIpc) is 1.31. The monoisotopic (exact) mass is 196 g/mol. The van der Waals surface area contributed by atoms with E-state index in [0.717, 1.165) is 0 Å². The summed E-state index contributed by atoms with van der Waals surface area (Å²) in [7, 11) is 11.4. The van der Waals surface area contributed by atoms with E-state index >= 15 is 0 Å². The second kappa shape index (κ2) is 2.67. The van der Waals surface area contributed by atoms with E-state index in [-0.39, 0.29) is 3.97 Å². The van der Waals surface area contributed by atoms with Gasteiger partial charge in [0.05, 0.1) is 0 Å². The molecule has 0 N–H and O–H groups in total. The van der Waals surface area contributed by atoms with Crippen molar-refractivity contribution >= 4 is 33.5 Å². The molecule has 0 spiro atoms. The molecule has 0 radical (unpaired) electrons. The normalized spacial score (nSPS) is 11.6. The van der Waals surface area contributed by atoms with Crippen LogP contribution in [0.15, 0.2) is 0 Å². The Bertz CT molecular complexity index is 55.2. The number of halogens is 2. The Morgan fingerprint density at radius 3 is 1.29 bits per heavy atom. The van der Waals surface area contributed by atoms with E-state index in [0.29, 0.717) is 0 Å². The molecule has 0 aliphatic carbocycles. The first-order chi connectivity index (χ1) is 2.94. The maximum absolute atomic E-state index is 5.71. The predicted octanol–water partition coefficient (Wildman–Crippen LogP) is 2.75. The molecular formula is C4H9Cl2Ga. The van der Waals surface area contributed by atoms with Gasteiger partial charge in [0.1, 0.15) is 0 Å². The van der Waals surface area contributed by atoms with E-state index in [1.807, 2.05) is 0 Å². The molecule has 0 nitrogen and oxygen atoms in total. The summed E-state index contributed by atoms with van der Waals surface area (Å²) in [4.78, 5) is 0. The molecule has 0 saturated carbocycles. The molecule has 0 aromatic heterocycles. The van der Waals surface area contributed by atoms with Crippen molar-refractivity contribution in [3.05, 3.63) is 0 Å². The molecule has 0 bridgehead atoms. The Morgan fingerprint density at radius 2 is 1.29 bits per heavy atom. The molecule has 0 rings (SSSR count). The third kappa shape index (κ3) is 3.77. The Hall–Kier alpha value is 1.22. The zero-order valence-corrected chi connectivity index (χ0v) is 8.77. The van der Waals surface area contributed by atoms with Crippen molar-refractivity contribution in [2.75, 3.05) is 0 Å². The first-order valence-corrected chi connectivity index (χ1v) is 9.80. The quantitative estimate of drug-likeness (QED) is 0.524. The van der Waals surface area contributed by atoms with Crippen LogP contribution in [-0.4, -0.2) is 14.2 Å². The summed E-state index contributed by atoms with van der Waals surface area (Å²) in [6.07, 6.45) is 0. The summed E-state index contributed by atoms with van der Waals surface area (Å²) in [5, 5.41) is 0. The summed E-state index contributed by atoms with van der Waals surface area (Å²) in [6.45, 7) is 6.24. The van der Waals surface area contributed by atoms with Crippen molar-refractivity contribution in [3.8, 4) is 0 Å². The maximum atomic E-state index is 5.71. The molecule has 7 heavy (non-hydrogen) atoms. The van der Waals surface area contributed by atoms with Gasteiger partial charge < -0.3 is 0 Å². The van der Waals surface area contributed by atoms with Gasteiger partial charge in [-0.05, 0) is 0 Å². The first kappa shape index (κ1) is 8.22. The summed E-state index contributed by atoms with van der Waals surface area (Å²) in [5.41, 5.74) is 0. The van der Waals surface area contributed by atoms with Crippen LogP contribution in [0.25, 0.3) is 0 Å². The number of rotatable bonds is 0. The van der Waals surface area contributed by atoms with Crippen LogP contribution in [0, 0.1) is 0 Å². The van der Waals surface area contributed by atoms with E-state index in [9.17, 15) is 0 Å². The van der Waals surface area contributed by atoms with Gasteiger partial charge in [-0.2, -0.15) is 0 Å². The van der Waals surface area contributed by atoms with Crippen molar-refractivity contribution in [1.29, 1.82) is 0 Å². The van der Waals surface area contributed by atoms with Crippen LogP contribution in [0.5, 0.6) is 0 Å². The van der Waals surface area contributed by atoms with Crippen LogP contribution in [0.4, 0.5) is 0 Å². The molecular weight excluding hydrogens is 189 g/mol. The minimum absolute atomic E-state index is 0.218. The Morgan fingerprint density at radius 1 is 1.14 bits per heavy atom. The molecule has 0 atom stereocenters. The van der Waals surface area contributed by atoms with Crippen molar-refractivity contribution < 1.29 is 0 Å². The number of hydrogen-bond acceptors (Lipinski definition) is 0. The molecule has 42 valence electrons. The summed E-state index contributed by atoms with van der Waals surface area (Å²) < 4.78 is 0.218. The van der Waals surface area contributed by atoms with Crippen molar-refractivity contribution in [1.82, 2.24) is 0 Å². The van der Waals surface area contributed by atoms with E-state index in [2.05, 4.69) is 20.8 Å². The van der Waals surface area contributed by atoms with E-state index in [4.69, 9.17) is 19.3 Å². The number of hydrogen-bond donors (Lipinski definition) is 0. The molecule has 0 aliphatic heterocycles. The van der Waals surface area contributed by atoms with Gasteiger partial charge in [-0.25, -0.2) is 0 Å². The molecule has 0 fully saturated rings. The first-order valence-electron chi connectivity index (χ1n) is 2.23. The molecule has 0 amide bonds. The third-order valence-corrected chi connectivity index (χ3v) is 10.2. The fourth-order valence-corrected chi connectivity index (χ4v) is 0. The second-order valence-corrected chi connectivity index (χ2v) is 13.3. The van der Waals surface area contributed by atoms with Crippen LogP contribution in [0.3, 0.4) is 0 Å². The fraction of sp³-hybridized carbons (Fsp3) is 1.00. The Kier molecular flexibility index (Phi) is 3.14. The van der Waals surface area contributed by atoms with Gasteiger partial charge in [-0.1, -0.05) is 0 Å². The molecule has 0 saturated heterocycles. The average molecular weight is 198 g/mol. The van der Waals surface area contributed by atoms with Crippen molar-refractivity contribution in [2.45, 2.75) is 24.7 Å². The third-order valence-electron chi connectivity index (χ3n) is 0.655. The van der Waals surface area contributed by atoms with E-state index in [1.165, 1.54) is 0 Å². The molecule has 0 aromatic carbocycles.